The van der Waals surface area contributed by atoms with Crippen LogP contribution in [0.15, 0.2) is 76.2 Å². The van der Waals surface area contributed by atoms with Gasteiger partial charge in [0.1, 0.15) is 5.69 Å². The van der Waals surface area contributed by atoms with E-state index in [2.05, 4.69) is 64.9 Å². The van der Waals surface area contributed by atoms with Crippen molar-refractivity contribution in [2.75, 3.05) is 13.1 Å². The Hall–Kier alpha value is -3.12. The van der Waals surface area contributed by atoms with Gasteiger partial charge in [-0.2, -0.15) is 0 Å². The van der Waals surface area contributed by atoms with Crippen molar-refractivity contribution in [3.8, 4) is 11.3 Å². The van der Waals surface area contributed by atoms with Crippen molar-refractivity contribution in [1.82, 2.24) is 20.7 Å². The van der Waals surface area contributed by atoms with E-state index in [1.54, 1.807) is 0 Å². The van der Waals surface area contributed by atoms with E-state index < -0.39 is 0 Å². The molecule has 0 bridgehead atoms. The number of likely N-dealkylation sites (tertiary alicyclic amines) is 1. The number of guanidine groups is 1. The molecule has 0 amide bonds. The second-order valence-corrected chi connectivity index (χ2v) is 8.41. The van der Waals surface area contributed by atoms with Gasteiger partial charge in [-0.3, -0.25) is 4.90 Å². The number of benzene rings is 2. The van der Waals surface area contributed by atoms with E-state index in [0.717, 1.165) is 55.5 Å². The van der Waals surface area contributed by atoms with Gasteiger partial charge in [0.15, 0.2) is 11.7 Å². The molecule has 2 heterocycles. The summed E-state index contributed by atoms with van der Waals surface area (Å²) in [6, 6.07) is 23.6. The zero-order valence-electron chi connectivity index (χ0n) is 19.0. The van der Waals surface area contributed by atoms with Gasteiger partial charge in [0.2, 0.25) is 0 Å². The smallest absolute Gasteiger partial charge is 0.191 e. The van der Waals surface area contributed by atoms with Gasteiger partial charge in [0, 0.05) is 43.3 Å². The second kappa shape index (κ2) is 11.0. The van der Waals surface area contributed by atoms with Gasteiger partial charge in [-0.15, -0.1) is 0 Å². The molecule has 6 heteroatoms. The molecule has 1 aliphatic rings. The molecule has 6 nitrogen and oxygen atoms in total. The van der Waals surface area contributed by atoms with Gasteiger partial charge in [-0.25, -0.2) is 4.99 Å². The van der Waals surface area contributed by atoms with Crippen LogP contribution in [0.3, 0.4) is 0 Å². The molecular weight excluding hydrogens is 398 g/mol. The molecule has 2 unspecified atom stereocenters. The minimum Gasteiger partial charge on any atom is -0.357 e. The molecule has 1 saturated heterocycles. The van der Waals surface area contributed by atoms with Crippen LogP contribution in [0.4, 0.5) is 0 Å². The number of hydrogen-bond donors (Lipinski definition) is 2. The average molecular weight is 432 g/mol. The first-order chi connectivity index (χ1) is 15.7. The molecule has 0 saturated carbocycles. The fourth-order valence-corrected chi connectivity index (χ4v) is 4.20. The Morgan fingerprint density at radius 1 is 1.12 bits per heavy atom. The molecule has 2 N–H and O–H groups in total. The monoisotopic (exact) mass is 431 g/mol. The third-order valence-corrected chi connectivity index (χ3v) is 5.94. The van der Waals surface area contributed by atoms with Gasteiger partial charge in [-0.05, 0) is 32.3 Å². The first kappa shape index (κ1) is 22.1. The highest BCUT2D eigenvalue weighted by Crippen LogP contribution is 2.21. The Kier molecular flexibility index (Phi) is 7.56. The number of aliphatic imine (C=N–C) groups is 1. The fraction of sp³-hybridized carbons (Fsp3) is 0.385. The molecule has 1 aromatic heterocycles. The van der Waals surface area contributed by atoms with Crippen molar-refractivity contribution in [3.05, 3.63) is 78.0 Å². The topological polar surface area (TPSA) is 65.7 Å². The normalized spacial score (nSPS) is 19.6. The van der Waals surface area contributed by atoms with Crippen molar-refractivity contribution in [2.24, 2.45) is 4.99 Å². The summed E-state index contributed by atoms with van der Waals surface area (Å²) in [7, 11) is 0. The summed E-state index contributed by atoms with van der Waals surface area (Å²) in [5.74, 6) is 1.61. The van der Waals surface area contributed by atoms with Crippen LogP contribution in [-0.4, -0.2) is 41.2 Å². The maximum Gasteiger partial charge on any atom is 0.191 e. The Balaban J connectivity index is 1.32. The molecule has 32 heavy (non-hydrogen) atoms. The Morgan fingerprint density at radius 3 is 2.59 bits per heavy atom. The van der Waals surface area contributed by atoms with Crippen molar-refractivity contribution in [1.29, 1.82) is 0 Å². The van der Waals surface area contributed by atoms with Crippen LogP contribution in [0.1, 0.15) is 37.9 Å². The molecule has 1 aliphatic heterocycles. The summed E-state index contributed by atoms with van der Waals surface area (Å²) in [4.78, 5) is 7.32. The molecule has 2 atom stereocenters. The van der Waals surface area contributed by atoms with E-state index in [-0.39, 0.29) is 0 Å². The third-order valence-electron chi connectivity index (χ3n) is 5.94. The van der Waals surface area contributed by atoms with Gasteiger partial charge in [0.25, 0.3) is 0 Å². The van der Waals surface area contributed by atoms with Crippen LogP contribution in [0.2, 0.25) is 0 Å². The van der Waals surface area contributed by atoms with Crippen LogP contribution < -0.4 is 10.6 Å². The van der Waals surface area contributed by atoms with E-state index in [1.165, 1.54) is 5.56 Å². The highest BCUT2D eigenvalue weighted by molar-refractivity contribution is 5.80. The second-order valence-electron chi connectivity index (χ2n) is 8.41. The van der Waals surface area contributed by atoms with Gasteiger partial charge in [0.05, 0.1) is 6.54 Å². The molecule has 3 aromatic rings. The number of hydrogen-bond acceptors (Lipinski definition) is 4. The Bertz CT molecular complexity index is 986. The lowest BCUT2D eigenvalue weighted by atomic mass is 9.97. The van der Waals surface area contributed by atoms with Crippen LogP contribution in [0.25, 0.3) is 11.3 Å². The lowest BCUT2D eigenvalue weighted by Crippen LogP contribution is -2.51. The summed E-state index contributed by atoms with van der Waals surface area (Å²) in [6.45, 7) is 7.80. The molecule has 0 spiro atoms. The minimum atomic E-state index is 0.409. The van der Waals surface area contributed by atoms with Crippen molar-refractivity contribution in [3.63, 3.8) is 0 Å². The van der Waals surface area contributed by atoms with Crippen LogP contribution in [0, 0.1) is 0 Å². The Morgan fingerprint density at radius 2 is 1.88 bits per heavy atom. The number of aromatic nitrogens is 1. The molecule has 0 radical (unpaired) electrons. The fourth-order valence-electron chi connectivity index (χ4n) is 4.20. The van der Waals surface area contributed by atoms with Crippen molar-refractivity contribution in [2.45, 2.75) is 51.9 Å². The number of rotatable bonds is 7. The summed E-state index contributed by atoms with van der Waals surface area (Å²) in [5.41, 5.74) is 3.23. The van der Waals surface area contributed by atoms with E-state index in [9.17, 15) is 0 Å². The average Bonchev–Trinajstić information content (AvgIpc) is 3.30. The molecule has 4 rings (SSSR count). The molecular formula is C26H33N5O. The van der Waals surface area contributed by atoms with Gasteiger partial charge >= 0.3 is 0 Å². The van der Waals surface area contributed by atoms with Crippen molar-refractivity contribution >= 4 is 5.96 Å². The molecule has 1 fully saturated rings. The lowest BCUT2D eigenvalue weighted by molar-refractivity contribution is 0.134. The number of piperidine rings is 1. The zero-order valence-corrected chi connectivity index (χ0v) is 19.0. The first-order valence-electron chi connectivity index (χ1n) is 11.5. The summed E-state index contributed by atoms with van der Waals surface area (Å²) in [5, 5.41) is 11.2. The maximum atomic E-state index is 5.50. The molecule has 2 aromatic carbocycles. The minimum absolute atomic E-state index is 0.409. The SMILES string of the molecule is CCNC(=NCc1cc(-c2ccccc2)on1)NC1CCN(Cc2ccccc2)C(C)C1. The van der Waals surface area contributed by atoms with E-state index in [4.69, 9.17) is 9.52 Å². The van der Waals surface area contributed by atoms with E-state index in [0.29, 0.717) is 18.6 Å². The summed E-state index contributed by atoms with van der Waals surface area (Å²) in [6.07, 6.45) is 2.20. The summed E-state index contributed by atoms with van der Waals surface area (Å²) >= 11 is 0. The molecule has 0 aliphatic carbocycles. The standard InChI is InChI=1S/C26H33N5O/c1-3-27-26(28-18-24-17-25(32-30-24)22-12-8-5-9-13-22)29-23-14-15-31(20(2)16-23)19-21-10-6-4-7-11-21/h4-13,17,20,23H,3,14-16,18-19H2,1-2H3,(H2,27,28,29). The van der Waals surface area contributed by atoms with E-state index in [1.807, 2.05) is 36.4 Å². The third kappa shape index (κ3) is 5.98. The van der Waals surface area contributed by atoms with Crippen LogP contribution in [0.5, 0.6) is 0 Å². The predicted octanol–water partition coefficient (Wildman–Crippen LogP) is 4.45. The highest BCUT2D eigenvalue weighted by atomic mass is 16.5. The first-order valence-corrected chi connectivity index (χ1v) is 11.5. The van der Waals surface area contributed by atoms with Crippen molar-refractivity contribution < 1.29 is 4.52 Å². The highest BCUT2D eigenvalue weighted by Gasteiger charge is 2.26. The van der Waals surface area contributed by atoms with E-state index >= 15 is 0 Å². The number of nitrogens with zero attached hydrogens (tertiary/aromatic N) is 3. The van der Waals surface area contributed by atoms with Gasteiger partial charge in [-0.1, -0.05) is 65.8 Å². The summed E-state index contributed by atoms with van der Waals surface area (Å²) < 4.78 is 5.50. The quantitative estimate of drug-likeness (QED) is 0.427. The largest absolute Gasteiger partial charge is 0.357 e. The molecule has 168 valence electrons. The Labute approximate surface area is 190 Å². The zero-order chi connectivity index (χ0) is 22.2. The predicted molar refractivity (Wildman–Crippen MR) is 129 cm³/mol. The van der Waals surface area contributed by atoms with Crippen LogP contribution >= 0.6 is 0 Å². The lowest BCUT2D eigenvalue weighted by Gasteiger charge is -2.38. The van der Waals surface area contributed by atoms with Gasteiger partial charge < -0.3 is 15.2 Å². The number of nitrogens with one attached hydrogen (secondary N) is 2. The van der Waals surface area contributed by atoms with Crippen LogP contribution in [-0.2, 0) is 13.1 Å². The maximum absolute atomic E-state index is 5.50.